The molecule has 186 valence electrons. The van der Waals surface area contributed by atoms with E-state index in [1.165, 1.54) is 21.1 Å². The van der Waals surface area contributed by atoms with Crippen molar-refractivity contribution in [3.8, 4) is 0 Å². The summed E-state index contributed by atoms with van der Waals surface area (Å²) >= 11 is 0. The summed E-state index contributed by atoms with van der Waals surface area (Å²) in [5.74, 6) is -0.197. The number of aromatic nitrogens is 2. The van der Waals surface area contributed by atoms with E-state index in [2.05, 4.69) is 50.0 Å². The van der Waals surface area contributed by atoms with Crippen LogP contribution in [-0.2, 0) is 9.16 Å². The normalized spacial score (nSPS) is 20.8. The van der Waals surface area contributed by atoms with E-state index >= 15 is 0 Å². The second kappa shape index (κ2) is 10.1. The quantitative estimate of drug-likeness (QED) is 0.492. The highest BCUT2D eigenvalue weighted by molar-refractivity contribution is 6.99. The zero-order valence-electron chi connectivity index (χ0n) is 20.7. The molecule has 2 heterocycles. The van der Waals surface area contributed by atoms with Crippen LogP contribution in [0, 0.1) is 12.8 Å². The van der Waals surface area contributed by atoms with Crippen LogP contribution >= 0.6 is 0 Å². The fraction of sp³-hybridized carbons (Fsp3) is 0.407. The first kappa shape index (κ1) is 25.3. The Bertz CT molecular complexity index is 1210. The average Bonchev–Trinajstić information content (AvgIpc) is 3.25. The van der Waals surface area contributed by atoms with Crippen LogP contribution in [0.1, 0.15) is 39.0 Å². The second-order valence-corrected chi connectivity index (χ2v) is 14.6. The van der Waals surface area contributed by atoms with Gasteiger partial charge < -0.3 is 14.3 Å². The summed E-state index contributed by atoms with van der Waals surface area (Å²) in [6.45, 7) is 8.49. The third-order valence-corrected chi connectivity index (χ3v) is 11.9. The zero-order valence-corrected chi connectivity index (χ0v) is 21.7. The van der Waals surface area contributed by atoms with E-state index in [4.69, 9.17) is 9.16 Å². The van der Waals surface area contributed by atoms with Crippen LogP contribution in [0.5, 0.6) is 0 Å². The van der Waals surface area contributed by atoms with Gasteiger partial charge in [-0.25, -0.2) is 4.79 Å². The Balaban J connectivity index is 1.68. The van der Waals surface area contributed by atoms with E-state index in [-0.39, 0.29) is 24.2 Å². The van der Waals surface area contributed by atoms with Gasteiger partial charge in [0.15, 0.2) is 0 Å². The smallest absolute Gasteiger partial charge is 0.330 e. The number of aromatic amines is 1. The summed E-state index contributed by atoms with van der Waals surface area (Å²) in [4.78, 5) is 26.6. The highest BCUT2D eigenvalue weighted by Gasteiger charge is 2.51. The summed E-state index contributed by atoms with van der Waals surface area (Å²) < 4.78 is 14.7. The van der Waals surface area contributed by atoms with Gasteiger partial charge in [0.25, 0.3) is 13.9 Å². The summed E-state index contributed by atoms with van der Waals surface area (Å²) in [7, 11) is -2.77. The first-order valence-corrected chi connectivity index (χ1v) is 13.9. The lowest BCUT2D eigenvalue weighted by Crippen LogP contribution is -2.67. The van der Waals surface area contributed by atoms with Crippen LogP contribution in [0.4, 0.5) is 0 Å². The monoisotopic (exact) mass is 494 g/mol. The van der Waals surface area contributed by atoms with E-state index in [0.717, 1.165) is 0 Å². The molecule has 0 saturated carbocycles. The fourth-order valence-corrected chi connectivity index (χ4v) is 9.66. The number of ether oxygens (including phenoxy) is 1. The maximum absolute atomic E-state index is 12.4. The lowest BCUT2D eigenvalue weighted by atomic mass is 10.0. The topological polar surface area (TPSA) is 93.6 Å². The van der Waals surface area contributed by atoms with Gasteiger partial charge in [-0.05, 0) is 22.3 Å². The van der Waals surface area contributed by atoms with Crippen molar-refractivity contribution in [2.24, 2.45) is 5.92 Å². The number of benzene rings is 2. The van der Waals surface area contributed by atoms with Crippen LogP contribution in [0.3, 0.4) is 0 Å². The number of nitrogens with one attached hydrogen (secondary N) is 1. The van der Waals surface area contributed by atoms with E-state index in [1.807, 2.05) is 36.4 Å². The Hall–Kier alpha value is -2.78. The molecule has 35 heavy (non-hydrogen) atoms. The number of aliphatic hydroxyl groups is 1. The number of H-pyrrole nitrogens is 1. The third-order valence-electron chi connectivity index (χ3n) is 6.93. The van der Waals surface area contributed by atoms with Gasteiger partial charge in [-0.3, -0.25) is 14.3 Å². The Morgan fingerprint density at radius 3 is 2.14 bits per heavy atom. The summed E-state index contributed by atoms with van der Waals surface area (Å²) in [5, 5.41) is 12.3. The molecule has 1 unspecified atom stereocenters. The number of nitrogens with zero attached hydrogens (tertiary/aromatic N) is 1. The van der Waals surface area contributed by atoms with Gasteiger partial charge in [-0.2, -0.15) is 0 Å². The van der Waals surface area contributed by atoms with Gasteiger partial charge in [-0.15, -0.1) is 0 Å². The Morgan fingerprint density at radius 2 is 1.63 bits per heavy atom. The van der Waals surface area contributed by atoms with Gasteiger partial charge in [-0.1, -0.05) is 81.4 Å². The van der Waals surface area contributed by atoms with Crippen molar-refractivity contribution < 1.29 is 14.3 Å². The minimum atomic E-state index is -2.77. The number of hydrogen-bond donors (Lipinski definition) is 2. The number of rotatable bonds is 7. The molecule has 1 saturated heterocycles. The van der Waals surface area contributed by atoms with E-state index in [1.54, 1.807) is 6.92 Å². The minimum absolute atomic E-state index is 0.0810. The summed E-state index contributed by atoms with van der Waals surface area (Å²) in [5.41, 5.74) is -0.494. The largest absolute Gasteiger partial charge is 0.405 e. The third kappa shape index (κ3) is 4.84. The van der Waals surface area contributed by atoms with E-state index < -0.39 is 31.9 Å². The lowest BCUT2D eigenvalue weighted by molar-refractivity contribution is -0.0334. The highest BCUT2D eigenvalue weighted by atomic mass is 28.4. The average molecular weight is 495 g/mol. The summed E-state index contributed by atoms with van der Waals surface area (Å²) in [6, 6.07) is 20.7. The number of aliphatic hydroxyl groups excluding tert-OH is 1. The van der Waals surface area contributed by atoms with Crippen LogP contribution in [0.2, 0.25) is 5.04 Å². The van der Waals surface area contributed by atoms with Crippen molar-refractivity contribution in [2.45, 2.75) is 51.5 Å². The van der Waals surface area contributed by atoms with Crippen LogP contribution in [0.25, 0.3) is 0 Å². The Labute approximate surface area is 206 Å². The van der Waals surface area contributed by atoms with Crippen molar-refractivity contribution >= 4 is 18.7 Å². The molecule has 3 atom stereocenters. The second-order valence-electron chi connectivity index (χ2n) is 10.3. The van der Waals surface area contributed by atoms with Crippen LogP contribution in [-0.4, -0.2) is 42.3 Å². The van der Waals surface area contributed by atoms with Gasteiger partial charge in [0, 0.05) is 30.7 Å². The Kier molecular flexibility index (Phi) is 7.28. The molecule has 1 aliphatic rings. The van der Waals surface area contributed by atoms with Gasteiger partial charge in [0.1, 0.15) is 6.23 Å². The van der Waals surface area contributed by atoms with Crippen molar-refractivity contribution in [2.75, 3.05) is 13.2 Å². The molecule has 0 amide bonds. The minimum Gasteiger partial charge on any atom is -0.405 e. The zero-order chi connectivity index (χ0) is 25.2. The molecule has 0 radical (unpaired) electrons. The molecule has 0 bridgehead atoms. The lowest BCUT2D eigenvalue weighted by Gasteiger charge is -2.43. The SMILES string of the molecule is Cc1cn([C@H]2CC(CO)[C@@H](CO[Si](c3ccccc3)(c3ccccc3)C(C)(C)C)O2)c(=O)[nH]c1=O. The number of hydrogen-bond acceptors (Lipinski definition) is 5. The van der Waals surface area contributed by atoms with Gasteiger partial charge in [0.2, 0.25) is 0 Å². The molecule has 0 aliphatic carbocycles. The molecule has 3 aromatic rings. The molecule has 0 spiro atoms. The van der Waals surface area contributed by atoms with Crippen LogP contribution < -0.4 is 21.6 Å². The molecule has 1 fully saturated rings. The Morgan fingerprint density at radius 1 is 1.06 bits per heavy atom. The molecule has 2 N–H and O–H groups in total. The standard InChI is InChI=1S/C27H34N2O5Si/c1-19-16-29(26(32)28-25(19)31)24-15-20(17-30)23(34-24)18-33-35(27(2,3)4,21-11-7-5-8-12-21)22-13-9-6-10-14-22/h5-14,16,20,23-24,30H,15,17-18H2,1-4H3,(H,28,31,32)/t20?,23-,24-/m1/s1. The highest BCUT2D eigenvalue weighted by Crippen LogP contribution is 2.39. The van der Waals surface area contributed by atoms with Crippen molar-refractivity contribution in [1.82, 2.24) is 9.55 Å². The number of aryl methyl sites for hydroxylation is 1. The molecule has 7 nitrogen and oxygen atoms in total. The van der Waals surface area contributed by atoms with Gasteiger partial charge >= 0.3 is 5.69 Å². The predicted molar refractivity (Wildman–Crippen MR) is 139 cm³/mol. The molecule has 4 rings (SSSR count). The van der Waals surface area contributed by atoms with E-state index in [9.17, 15) is 14.7 Å². The maximum Gasteiger partial charge on any atom is 0.330 e. The van der Waals surface area contributed by atoms with Crippen LogP contribution in [0.15, 0.2) is 76.4 Å². The molecule has 2 aromatic carbocycles. The molecule has 1 aromatic heterocycles. The van der Waals surface area contributed by atoms with Crippen molar-refractivity contribution in [3.63, 3.8) is 0 Å². The predicted octanol–water partition coefficient (Wildman–Crippen LogP) is 2.32. The van der Waals surface area contributed by atoms with Crippen molar-refractivity contribution in [3.05, 3.63) is 93.3 Å². The first-order chi connectivity index (χ1) is 16.7. The maximum atomic E-state index is 12.4. The first-order valence-electron chi connectivity index (χ1n) is 12.0. The molecular weight excluding hydrogens is 460 g/mol. The molecule has 8 heteroatoms. The van der Waals surface area contributed by atoms with Crippen molar-refractivity contribution in [1.29, 1.82) is 0 Å². The van der Waals surface area contributed by atoms with Gasteiger partial charge in [0.05, 0.1) is 12.7 Å². The molecule has 1 aliphatic heterocycles. The molecular formula is C27H34N2O5Si. The fourth-order valence-electron chi connectivity index (χ4n) is 5.09. The summed E-state index contributed by atoms with van der Waals surface area (Å²) in [6.07, 6.45) is 0.996. The van der Waals surface area contributed by atoms with E-state index in [0.29, 0.717) is 12.0 Å².